The molecule has 1 atom stereocenters. The second kappa shape index (κ2) is 11.1. The topological polar surface area (TPSA) is 49.9 Å². The molecule has 0 radical (unpaired) electrons. The van der Waals surface area contributed by atoms with E-state index in [4.69, 9.17) is 16.3 Å². The molecule has 4 rings (SSSR count). The highest BCUT2D eigenvalue weighted by atomic mass is 79.9. The Kier molecular flexibility index (Phi) is 8.20. The van der Waals surface area contributed by atoms with E-state index in [9.17, 15) is 9.59 Å². The van der Waals surface area contributed by atoms with Gasteiger partial charge >= 0.3 is 0 Å². The van der Waals surface area contributed by atoms with Crippen molar-refractivity contribution in [1.29, 1.82) is 0 Å². The van der Waals surface area contributed by atoms with Crippen molar-refractivity contribution in [2.45, 2.75) is 45.4 Å². The summed E-state index contributed by atoms with van der Waals surface area (Å²) in [4.78, 5) is 30.6. The Labute approximate surface area is 215 Å². The molecule has 0 aliphatic carbocycles. The first kappa shape index (κ1) is 25.1. The Morgan fingerprint density at radius 2 is 1.76 bits per heavy atom. The van der Waals surface area contributed by atoms with E-state index >= 15 is 0 Å². The van der Waals surface area contributed by atoms with Crippen LogP contribution in [0, 0.1) is 12.3 Å². The number of carbonyl (C=O) groups is 2. The van der Waals surface area contributed by atoms with Crippen LogP contribution >= 0.6 is 27.5 Å². The minimum absolute atomic E-state index is 0.00990. The fourth-order valence-electron chi connectivity index (χ4n) is 5.02. The molecule has 2 fully saturated rings. The fourth-order valence-corrected chi connectivity index (χ4v) is 5.59. The van der Waals surface area contributed by atoms with Crippen LogP contribution in [0.1, 0.15) is 54.4 Å². The lowest BCUT2D eigenvalue weighted by Gasteiger charge is -2.43. The lowest BCUT2D eigenvalue weighted by Crippen LogP contribution is -2.51. The lowest BCUT2D eigenvalue weighted by molar-refractivity contribution is -0.136. The molecule has 0 aromatic heterocycles. The molecule has 2 aromatic rings. The second-order valence-electron chi connectivity index (χ2n) is 9.63. The number of likely N-dealkylation sites (tertiary alicyclic amines) is 2. The molecule has 2 aromatic carbocycles. The summed E-state index contributed by atoms with van der Waals surface area (Å²) in [6, 6.07) is 13.1. The van der Waals surface area contributed by atoms with Crippen LogP contribution in [0.3, 0.4) is 0 Å². The van der Waals surface area contributed by atoms with Crippen molar-refractivity contribution in [2.24, 2.45) is 5.41 Å². The SMILES string of the molecule is Cc1cc(OC[C@@]2(CC(=O)N3CCCCC3)CCCN(C(=O)c3ccccc3Br)C2)ccc1Cl. The first-order chi connectivity index (χ1) is 16.4. The third kappa shape index (κ3) is 5.95. The third-order valence-corrected chi connectivity index (χ3v) is 8.08. The van der Waals surface area contributed by atoms with Crippen LogP contribution in [0.4, 0.5) is 0 Å². The van der Waals surface area contributed by atoms with Gasteiger partial charge in [0.05, 0.1) is 12.2 Å². The van der Waals surface area contributed by atoms with Crippen molar-refractivity contribution in [3.63, 3.8) is 0 Å². The Balaban J connectivity index is 1.55. The maximum Gasteiger partial charge on any atom is 0.255 e. The minimum atomic E-state index is -0.433. The molecule has 0 spiro atoms. The maximum absolute atomic E-state index is 13.4. The molecule has 0 N–H and O–H groups in total. The largest absolute Gasteiger partial charge is 0.493 e. The van der Waals surface area contributed by atoms with Gasteiger partial charge < -0.3 is 14.5 Å². The summed E-state index contributed by atoms with van der Waals surface area (Å²) in [5, 5.41) is 0.699. The third-order valence-electron chi connectivity index (χ3n) is 6.96. The standard InChI is InChI=1S/C27H32BrClN2O3/c1-20-16-21(10-11-24(20)29)34-19-27(17-25(32)30-13-5-2-6-14-30)12-7-15-31(18-27)26(33)22-8-3-4-9-23(22)28/h3-4,8-11,16H,2,5-7,12-15,17-19H2,1H3/t27-/m1/s1. The van der Waals surface area contributed by atoms with E-state index < -0.39 is 5.41 Å². The van der Waals surface area contributed by atoms with Gasteiger partial charge in [0.15, 0.2) is 0 Å². The number of carbonyl (C=O) groups excluding carboxylic acids is 2. The molecule has 34 heavy (non-hydrogen) atoms. The molecule has 5 nitrogen and oxygen atoms in total. The molecular weight excluding hydrogens is 516 g/mol. The minimum Gasteiger partial charge on any atom is -0.493 e. The summed E-state index contributed by atoms with van der Waals surface area (Å²) in [7, 11) is 0. The average molecular weight is 548 g/mol. The highest BCUT2D eigenvalue weighted by molar-refractivity contribution is 9.10. The highest BCUT2D eigenvalue weighted by Crippen LogP contribution is 2.37. The Bertz CT molecular complexity index is 1040. The smallest absolute Gasteiger partial charge is 0.255 e. The predicted octanol–water partition coefficient (Wildman–Crippen LogP) is 6.11. The van der Waals surface area contributed by atoms with Crippen molar-refractivity contribution in [3.8, 4) is 5.75 Å². The second-order valence-corrected chi connectivity index (χ2v) is 10.9. The van der Waals surface area contributed by atoms with Gasteiger partial charge in [0.1, 0.15) is 5.75 Å². The van der Waals surface area contributed by atoms with E-state index in [0.717, 1.165) is 54.6 Å². The van der Waals surface area contributed by atoms with Gasteiger partial charge in [0.25, 0.3) is 5.91 Å². The van der Waals surface area contributed by atoms with Crippen LogP contribution in [0.15, 0.2) is 46.9 Å². The van der Waals surface area contributed by atoms with Gasteiger partial charge in [-0.15, -0.1) is 0 Å². The fraction of sp³-hybridized carbons (Fsp3) is 0.481. The quantitative estimate of drug-likeness (QED) is 0.438. The number of piperidine rings is 2. The van der Waals surface area contributed by atoms with Crippen LogP contribution in [-0.2, 0) is 4.79 Å². The maximum atomic E-state index is 13.4. The van der Waals surface area contributed by atoms with Gasteiger partial charge in [-0.3, -0.25) is 9.59 Å². The van der Waals surface area contributed by atoms with E-state index in [0.29, 0.717) is 36.7 Å². The van der Waals surface area contributed by atoms with E-state index in [1.165, 1.54) is 6.42 Å². The van der Waals surface area contributed by atoms with E-state index in [1.54, 1.807) is 0 Å². The van der Waals surface area contributed by atoms with Gasteiger partial charge in [0.2, 0.25) is 5.91 Å². The molecule has 2 saturated heterocycles. The monoisotopic (exact) mass is 546 g/mol. The van der Waals surface area contributed by atoms with Gasteiger partial charge in [0, 0.05) is 47.5 Å². The molecule has 2 amide bonds. The summed E-state index contributed by atoms with van der Waals surface area (Å²) in [5.74, 6) is 0.899. The number of hydrogen-bond donors (Lipinski definition) is 0. The molecule has 7 heteroatoms. The zero-order valence-corrected chi connectivity index (χ0v) is 22.0. The zero-order valence-electron chi connectivity index (χ0n) is 19.7. The van der Waals surface area contributed by atoms with E-state index in [-0.39, 0.29) is 11.8 Å². The summed E-state index contributed by atoms with van der Waals surface area (Å²) >= 11 is 9.70. The number of rotatable bonds is 6. The normalized spacial score (nSPS) is 20.8. The molecular formula is C27H32BrClN2O3. The van der Waals surface area contributed by atoms with Crippen molar-refractivity contribution in [3.05, 3.63) is 63.1 Å². The summed E-state index contributed by atoms with van der Waals surface area (Å²) in [6.45, 7) is 5.16. The predicted molar refractivity (Wildman–Crippen MR) is 138 cm³/mol. The number of halogens is 2. The van der Waals surface area contributed by atoms with Crippen LogP contribution in [-0.4, -0.2) is 54.4 Å². The van der Waals surface area contributed by atoms with Crippen LogP contribution in [0.25, 0.3) is 0 Å². The van der Waals surface area contributed by atoms with Crippen LogP contribution in [0.2, 0.25) is 5.02 Å². The number of aryl methyl sites for hydroxylation is 1. The summed E-state index contributed by atoms with van der Waals surface area (Å²) < 4.78 is 7.04. The zero-order chi connectivity index (χ0) is 24.1. The Hall–Kier alpha value is -2.05. The van der Waals surface area contributed by atoms with E-state index in [2.05, 4.69) is 15.9 Å². The van der Waals surface area contributed by atoms with Crippen molar-refractivity contribution >= 4 is 39.3 Å². The Morgan fingerprint density at radius 3 is 2.50 bits per heavy atom. The lowest BCUT2D eigenvalue weighted by atomic mass is 9.77. The molecule has 0 bridgehead atoms. The molecule has 2 heterocycles. The average Bonchev–Trinajstić information content (AvgIpc) is 2.85. The number of amides is 2. The first-order valence-electron chi connectivity index (χ1n) is 12.1. The molecule has 2 aliphatic heterocycles. The molecule has 2 aliphatic rings. The van der Waals surface area contributed by atoms with Crippen molar-refractivity contribution < 1.29 is 14.3 Å². The molecule has 0 unspecified atom stereocenters. The Morgan fingerprint density at radius 1 is 1.03 bits per heavy atom. The van der Waals surface area contributed by atoms with Gasteiger partial charge in [-0.05, 0) is 90.9 Å². The van der Waals surface area contributed by atoms with Crippen LogP contribution < -0.4 is 4.74 Å². The number of benzene rings is 2. The first-order valence-corrected chi connectivity index (χ1v) is 13.2. The highest BCUT2D eigenvalue weighted by Gasteiger charge is 2.41. The van der Waals surface area contributed by atoms with Crippen molar-refractivity contribution in [1.82, 2.24) is 9.80 Å². The number of nitrogens with zero attached hydrogens (tertiary/aromatic N) is 2. The van der Waals surface area contributed by atoms with Gasteiger partial charge in [-0.1, -0.05) is 23.7 Å². The summed E-state index contributed by atoms with van der Waals surface area (Å²) in [5.41, 5.74) is 1.17. The number of ether oxygens (including phenoxy) is 1. The number of hydrogen-bond acceptors (Lipinski definition) is 3. The summed E-state index contributed by atoms with van der Waals surface area (Å²) in [6.07, 6.45) is 5.38. The van der Waals surface area contributed by atoms with Gasteiger partial charge in [-0.2, -0.15) is 0 Å². The van der Waals surface area contributed by atoms with Crippen LogP contribution in [0.5, 0.6) is 5.75 Å². The molecule has 0 saturated carbocycles. The van der Waals surface area contributed by atoms with E-state index in [1.807, 2.05) is 59.2 Å². The van der Waals surface area contributed by atoms with Crippen molar-refractivity contribution in [2.75, 3.05) is 32.8 Å². The van der Waals surface area contributed by atoms with Gasteiger partial charge in [-0.25, -0.2) is 0 Å². The molecule has 182 valence electrons.